The van der Waals surface area contributed by atoms with Gasteiger partial charge in [-0.1, -0.05) is 25.1 Å². The summed E-state index contributed by atoms with van der Waals surface area (Å²) in [5, 5.41) is 10.8. The molecule has 1 fully saturated rings. The second-order valence-electron chi connectivity index (χ2n) is 8.67. The molecular formula is C24H24N4O. The molecule has 29 heavy (non-hydrogen) atoms. The molecule has 146 valence electrons. The first-order valence-electron chi connectivity index (χ1n) is 10.6. The van der Waals surface area contributed by atoms with Gasteiger partial charge in [-0.05, 0) is 56.9 Å². The quantitative estimate of drug-likeness (QED) is 0.637. The van der Waals surface area contributed by atoms with Crippen LogP contribution in [-0.2, 0) is 6.42 Å². The lowest BCUT2D eigenvalue weighted by Crippen LogP contribution is -2.50. The van der Waals surface area contributed by atoms with Crippen molar-refractivity contribution in [2.45, 2.75) is 45.6 Å². The Morgan fingerprint density at radius 2 is 2.17 bits per heavy atom. The average molecular weight is 384 g/mol. The van der Waals surface area contributed by atoms with Crippen molar-refractivity contribution in [3.05, 3.63) is 58.9 Å². The first kappa shape index (κ1) is 17.1. The number of piperidine rings is 1. The van der Waals surface area contributed by atoms with Crippen LogP contribution in [0.3, 0.4) is 0 Å². The minimum atomic E-state index is 0.0856. The summed E-state index contributed by atoms with van der Waals surface area (Å²) in [5.74, 6) is 0.876. The van der Waals surface area contributed by atoms with E-state index >= 15 is 0 Å². The minimum Gasteiger partial charge on any atom is -0.424 e. The van der Waals surface area contributed by atoms with Crippen LogP contribution in [0.25, 0.3) is 16.6 Å². The van der Waals surface area contributed by atoms with Gasteiger partial charge in [-0.15, -0.1) is 0 Å². The van der Waals surface area contributed by atoms with E-state index in [1.54, 1.807) is 0 Å². The Bertz CT molecular complexity index is 1220. The highest BCUT2D eigenvalue weighted by atomic mass is 16.4. The molecule has 0 unspecified atom stereocenters. The van der Waals surface area contributed by atoms with Crippen molar-refractivity contribution in [3.8, 4) is 6.07 Å². The molecule has 0 aliphatic carbocycles. The lowest BCUT2D eigenvalue weighted by atomic mass is 9.66. The molecule has 0 radical (unpaired) electrons. The fourth-order valence-electron chi connectivity index (χ4n) is 6.05. The van der Waals surface area contributed by atoms with Crippen LogP contribution in [0.5, 0.6) is 0 Å². The number of hydrogen-bond acceptors (Lipinski definition) is 4. The minimum absolute atomic E-state index is 0.0856. The van der Waals surface area contributed by atoms with Gasteiger partial charge in [-0.25, -0.2) is 4.98 Å². The summed E-state index contributed by atoms with van der Waals surface area (Å²) >= 11 is 0. The molecule has 2 aromatic heterocycles. The molecule has 3 aromatic rings. The van der Waals surface area contributed by atoms with Gasteiger partial charge in [0.1, 0.15) is 11.8 Å². The number of fused-ring (bicyclic) bond motifs is 3. The standard InChI is InChI=1S/C24H24N4O/c1-3-24-10-6-11-27-12-9-17-16-7-4-5-8-18(16)28(21(17)22(24)27)19(13-24)23-26-15(2)20(14-25)29-23/h4-5,7-8,13,22H,3,6,9-12H2,1-2H3/t22-,24+/m1/s1. The van der Waals surface area contributed by atoms with Gasteiger partial charge in [0.05, 0.1) is 17.3 Å². The lowest BCUT2D eigenvalue weighted by molar-refractivity contribution is 0.0269. The maximum absolute atomic E-state index is 9.41. The van der Waals surface area contributed by atoms with Crippen LogP contribution >= 0.6 is 0 Å². The number of hydrogen-bond donors (Lipinski definition) is 0. The van der Waals surface area contributed by atoms with Crippen LogP contribution in [0.4, 0.5) is 0 Å². The molecule has 0 bridgehead atoms. The van der Waals surface area contributed by atoms with E-state index in [0.717, 1.165) is 25.1 Å². The summed E-state index contributed by atoms with van der Waals surface area (Å²) in [6.45, 7) is 6.46. The zero-order valence-electron chi connectivity index (χ0n) is 16.9. The lowest BCUT2D eigenvalue weighted by Gasteiger charge is -2.53. The summed E-state index contributed by atoms with van der Waals surface area (Å²) < 4.78 is 8.34. The average Bonchev–Trinajstić information content (AvgIpc) is 3.30. The van der Waals surface area contributed by atoms with Crippen molar-refractivity contribution in [2.75, 3.05) is 13.1 Å². The van der Waals surface area contributed by atoms with E-state index < -0.39 is 0 Å². The van der Waals surface area contributed by atoms with E-state index in [0.29, 0.717) is 23.4 Å². The number of oxazole rings is 1. The third kappa shape index (κ3) is 2.10. The Morgan fingerprint density at radius 1 is 1.31 bits per heavy atom. The van der Waals surface area contributed by atoms with Crippen LogP contribution in [0, 0.1) is 23.7 Å². The third-order valence-corrected chi connectivity index (χ3v) is 7.37. The molecule has 1 aromatic carbocycles. The number of para-hydroxylation sites is 1. The summed E-state index contributed by atoms with van der Waals surface area (Å²) in [5.41, 5.74) is 5.88. The van der Waals surface area contributed by atoms with Crippen molar-refractivity contribution in [2.24, 2.45) is 5.41 Å². The summed E-state index contributed by atoms with van der Waals surface area (Å²) in [6.07, 6.45) is 6.99. The second-order valence-corrected chi connectivity index (χ2v) is 8.67. The SMILES string of the molecule is CC[C@@]12C=C(c3nc(C)c(C#N)o3)n3c4c(c5ccccc53)CCN(CCC1)[C@H]42. The summed E-state index contributed by atoms with van der Waals surface area (Å²) in [6, 6.07) is 11.3. The number of aryl methyl sites for hydroxylation is 1. The maximum atomic E-state index is 9.41. The van der Waals surface area contributed by atoms with Crippen LogP contribution in [0.2, 0.25) is 0 Å². The van der Waals surface area contributed by atoms with Gasteiger partial charge in [-0.2, -0.15) is 5.26 Å². The normalized spacial score (nSPS) is 25.6. The van der Waals surface area contributed by atoms with Gasteiger partial charge in [0, 0.05) is 23.0 Å². The third-order valence-electron chi connectivity index (χ3n) is 7.37. The van der Waals surface area contributed by atoms with Gasteiger partial charge in [0.25, 0.3) is 0 Å². The predicted octanol–water partition coefficient (Wildman–Crippen LogP) is 4.80. The predicted molar refractivity (Wildman–Crippen MR) is 111 cm³/mol. The highest BCUT2D eigenvalue weighted by Crippen LogP contribution is 2.57. The molecule has 6 rings (SSSR count). The Hall–Kier alpha value is -2.84. The number of nitriles is 1. The smallest absolute Gasteiger partial charge is 0.244 e. The van der Waals surface area contributed by atoms with Gasteiger partial charge in [0.2, 0.25) is 11.7 Å². The Kier molecular flexibility index (Phi) is 3.43. The zero-order chi connectivity index (χ0) is 19.8. The van der Waals surface area contributed by atoms with E-state index in [2.05, 4.69) is 57.8 Å². The molecular weight excluding hydrogens is 360 g/mol. The Morgan fingerprint density at radius 3 is 2.97 bits per heavy atom. The summed E-state index contributed by atoms with van der Waals surface area (Å²) in [7, 11) is 0. The highest BCUT2D eigenvalue weighted by molar-refractivity contribution is 5.91. The molecule has 5 nitrogen and oxygen atoms in total. The van der Waals surface area contributed by atoms with Crippen molar-refractivity contribution in [1.29, 1.82) is 5.26 Å². The molecule has 0 N–H and O–H groups in total. The summed E-state index contributed by atoms with van der Waals surface area (Å²) in [4.78, 5) is 7.36. The van der Waals surface area contributed by atoms with E-state index in [1.807, 2.05) is 6.92 Å². The first-order valence-corrected chi connectivity index (χ1v) is 10.6. The van der Waals surface area contributed by atoms with E-state index in [9.17, 15) is 5.26 Å². The molecule has 1 saturated heterocycles. The first-order chi connectivity index (χ1) is 14.2. The van der Waals surface area contributed by atoms with E-state index in [1.165, 1.54) is 41.5 Å². The van der Waals surface area contributed by atoms with Crippen molar-refractivity contribution in [1.82, 2.24) is 14.5 Å². The molecule has 0 saturated carbocycles. The van der Waals surface area contributed by atoms with Gasteiger partial charge in [0.15, 0.2) is 0 Å². The Balaban J connectivity index is 1.72. The second kappa shape index (κ2) is 5.84. The van der Waals surface area contributed by atoms with Crippen LogP contribution in [0.15, 0.2) is 34.8 Å². The van der Waals surface area contributed by atoms with E-state index in [4.69, 9.17) is 4.42 Å². The number of aromatic nitrogens is 2. The van der Waals surface area contributed by atoms with Crippen molar-refractivity contribution in [3.63, 3.8) is 0 Å². The van der Waals surface area contributed by atoms with Crippen LogP contribution in [0.1, 0.15) is 60.8 Å². The van der Waals surface area contributed by atoms with Crippen LogP contribution in [-0.4, -0.2) is 27.5 Å². The molecule has 3 aliphatic rings. The largest absolute Gasteiger partial charge is 0.424 e. The van der Waals surface area contributed by atoms with Crippen molar-refractivity contribution < 1.29 is 4.42 Å². The number of rotatable bonds is 2. The topological polar surface area (TPSA) is 58.0 Å². The highest BCUT2D eigenvalue weighted by Gasteiger charge is 2.50. The zero-order valence-corrected chi connectivity index (χ0v) is 16.9. The maximum Gasteiger partial charge on any atom is 0.244 e. The number of nitrogens with zero attached hydrogens (tertiary/aromatic N) is 4. The van der Waals surface area contributed by atoms with Gasteiger partial charge in [-0.3, -0.25) is 4.90 Å². The van der Waals surface area contributed by atoms with Crippen LogP contribution < -0.4 is 0 Å². The molecule has 3 aliphatic heterocycles. The number of benzene rings is 1. The molecule has 0 spiro atoms. The van der Waals surface area contributed by atoms with Gasteiger partial charge >= 0.3 is 0 Å². The molecule has 5 heterocycles. The Labute approximate surface area is 170 Å². The monoisotopic (exact) mass is 384 g/mol. The molecule has 5 heteroatoms. The fourth-order valence-corrected chi connectivity index (χ4v) is 6.05. The molecule has 2 atom stereocenters. The van der Waals surface area contributed by atoms with E-state index in [-0.39, 0.29) is 5.41 Å². The molecule has 0 amide bonds. The van der Waals surface area contributed by atoms with Crippen molar-refractivity contribution >= 4 is 16.6 Å². The van der Waals surface area contributed by atoms with Gasteiger partial charge < -0.3 is 8.98 Å². The fraction of sp³-hybridized carbons (Fsp3) is 0.417.